The number of aliphatic carboxylic acids is 5. The van der Waals surface area contributed by atoms with E-state index in [0.29, 0.717) is 11.3 Å². The first-order chi connectivity index (χ1) is 57.7. The third-order valence-corrected chi connectivity index (χ3v) is 21.4. The molecule has 0 saturated carbocycles. The number of rotatable bonds is 49. The molecule has 9 amide bonds. The molecule has 2 unspecified atom stereocenters. The number of hydrogen-bond acceptors (Lipinski definition) is 21. The number of carbonyl (C=O) groups is 18. The van der Waals surface area contributed by atoms with Crippen molar-refractivity contribution in [3.05, 3.63) is 179 Å². The fourth-order valence-electron chi connectivity index (χ4n) is 13.0. The molecule has 1 aliphatic rings. The van der Waals surface area contributed by atoms with Crippen molar-refractivity contribution in [1.82, 2.24) is 53.2 Å². The van der Waals surface area contributed by atoms with E-state index in [9.17, 15) is 112 Å². The highest BCUT2D eigenvalue weighted by atomic mass is 33.1. The summed E-state index contributed by atoms with van der Waals surface area (Å²) in [4.78, 5) is 238. The Hall–Kier alpha value is -12.9. The minimum Gasteiger partial charge on any atom is -0.481 e. The summed E-state index contributed by atoms with van der Waals surface area (Å²) < 4.78 is 0. The molecule has 646 valence electrons. The number of carboxylic acid groups (broad SMARTS) is 5. The molecule has 9 atom stereocenters. The van der Waals surface area contributed by atoms with Crippen LogP contribution < -0.4 is 58.9 Å². The Labute approximate surface area is 704 Å². The van der Waals surface area contributed by atoms with Crippen LogP contribution in [-0.2, 0) is 99.3 Å². The highest BCUT2D eigenvalue weighted by Gasteiger charge is 2.38. The molecule has 0 radical (unpaired) electrons. The van der Waals surface area contributed by atoms with E-state index >= 15 is 0 Å². The minimum atomic E-state index is -2.15. The first kappa shape index (κ1) is 96.9. The number of nitrogens with two attached hydrogens (primary N) is 1. The molecule has 35 nitrogen and oxygen atoms in total. The molecular formula is C84H100N12O23S2. The van der Waals surface area contributed by atoms with Gasteiger partial charge in [0.2, 0.25) is 53.2 Å². The maximum absolute atomic E-state index is 14.3. The van der Waals surface area contributed by atoms with Crippen LogP contribution in [0.3, 0.4) is 0 Å². The number of Topliss-reactive ketones (excluding diaryl/α,β-unsaturated/α-hetero) is 4. The van der Waals surface area contributed by atoms with Crippen molar-refractivity contribution in [3.8, 4) is 0 Å². The first-order valence-electron chi connectivity index (χ1n) is 38.9. The van der Waals surface area contributed by atoms with Crippen molar-refractivity contribution in [1.29, 1.82) is 5.41 Å². The normalized spacial score (nSPS) is 16.2. The second-order valence-electron chi connectivity index (χ2n) is 28.6. The molecule has 37 heteroatoms. The zero-order chi connectivity index (χ0) is 88.5. The molecule has 5 aromatic carbocycles. The van der Waals surface area contributed by atoms with Crippen LogP contribution in [0, 0.1) is 23.2 Å². The zero-order valence-corrected chi connectivity index (χ0v) is 67.9. The molecule has 6 rings (SSSR count). The predicted octanol–water partition coefficient (Wildman–Crippen LogP) is 3.38. The van der Waals surface area contributed by atoms with Crippen molar-refractivity contribution in [2.24, 2.45) is 23.5 Å². The number of benzene rings is 5. The Morgan fingerprint density at radius 2 is 0.851 bits per heavy atom. The zero-order valence-electron chi connectivity index (χ0n) is 66.3. The Bertz CT molecular complexity index is 4500. The number of carboxylic acids is 5. The summed E-state index contributed by atoms with van der Waals surface area (Å²) in [6.07, 6.45) is -9.90. The van der Waals surface area contributed by atoms with Crippen LogP contribution in [0.2, 0.25) is 0 Å². The lowest BCUT2D eigenvalue weighted by Crippen LogP contribution is -2.58. The topological polar surface area (TPSA) is 579 Å². The molecular weight excluding hydrogens is 1610 g/mol. The van der Waals surface area contributed by atoms with E-state index in [0.717, 1.165) is 45.9 Å². The first-order valence-corrected chi connectivity index (χ1v) is 41.4. The van der Waals surface area contributed by atoms with Crippen molar-refractivity contribution in [2.45, 2.75) is 159 Å². The molecule has 121 heavy (non-hydrogen) atoms. The van der Waals surface area contributed by atoms with Gasteiger partial charge in [0.25, 0.3) is 0 Å². The largest absolute Gasteiger partial charge is 0.481 e. The Balaban J connectivity index is 1.03. The lowest BCUT2D eigenvalue weighted by Gasteiger charge is -2.26. The predicted molar refractivity (Wildman–Crippen MR) is 443 cm³/mol. The second-order valence-corrected chi connectivity index (χ2v) is 31.3. The molecule has 18 N–H and O–H groups in total. The van der Waals surface area contributed by atoms with Crippen LogP contribution in [0.25, 0.3) is 11.1 Å². The van der Waals surface area contributed by atoms with Crippen LogP contribution in [-0.4, -0.2) is 205 Å². The van der Waals surface area contributed by atoms with Gasteiger partial charge in [-0.15, -0.1) is 0 Å². The van der Waals surface area contributed by atoms with E-state index in [4.69, 9.17) is 11.1 Å². The molecule has 1 saturated heterocycles. The van der Waals surface area contributed by atoms with Gasteiger partial charge in [-0.1, -0.05) is 167 Å². The molecule has 1 aliphatic heterocycles. The van der Waals surface area contributed by atoms with Gasteiger partial charge < -0.3 is 84.4 Å². The Morgan fingerprint density at radius 3 is 1.33 bits per heavy atom. The molecule has 1 fully saturated rings. The van der Waals surface area contributed by atoms with E-state index < -0.39 is 225 Å². The summed E-state index contributed by atoms with van der Waals surface area (Å²) in [5.41, 5.74) is 12.9. The van der Waals surface area contributed by atoms with Crippen LogP contribution in [0.4, 0.5) is 0 Å². The Kier molecular flexibility index (Phi) is 40.6. The van der Waals surface area contributed by atoms with Gasteiger partial charge in [0, 0.05) is 76.1 Å². The van der Waals surface area contributed by atoms with Gasteiger partial charge in [0.15, 0.2) is 17.5 Å². The number of unbranched alkanes of at least 4 members (excludes halogenated alkanes) is 1. The number of carbonyl (C=O) groups excluding carboxylic acids is 13. The van der Waals surface area contributed by atoms with Gasteiger partial charge in [-0.05, 0) is 83.6 Å². The summed E-state index contributed by atoms with van der Waals surface area (Å²) in [6.45, 7) is 0.419. The Morgan fingerprint density at radius 1 is 0.438 bits per heavy atom. The van der Waals surface area contributed by atoms with E-state index in [-0.39, 0.29) is 82.7 Å². The van der Waals surface area contributed by atoms with Gasteiger partial charge in [0.1, 0.15) is 35.7 Å². The average molecular weight is 1710 g/mol. The standard InChI is InChI=1S/C84H100N12O23S2/c1-49(97)37-64-82(118)96-65(38-50-17-6-2-7-18-50)83(119)93-61(81(117)92-60(26-16-34-88-84(85)86)80(116)90-48-69(102)91-64)25-14-15-33-87-77(113)57(43-71(105)106)40-66(99)62(45-73(109)110)95-79(115)58(44-72(107)108)41-67(100)63(46-74(111)112)94-78(114)56(42-70(103)104)39-59(98)31-35-120-121-36-32-68(101)89-47-51-27-29-55(30-28-51)76(54-23-12-5-13-24-54)75(52-19-8-3-9-20-52)53-21-10-4-11-22-53/h2-13,17-24,27-30,56-58,60-65H,14-16,25-26,31-48H2,1H3,(H,87,113)(H,89,101)(H,90,116)(H,91,102)(H,92,117)(H,93,119)(H,94,114)(H,95,115)(H,96,118)(H,103,104)(H,105,106)(H,107,108)(H,109,110)(H,111,112)(H4,85,86,88)/t56-,57-,58-,60?,61?,62-,63-,64-,65+/m0/s1. The van der Waals surface area contributed by atoms with Gasteiger partial charge >= 0.3 is 29.8 Å². The van der Waals surface area contributed by atoms with E-state index in [2.05, 4.69) is 84.2 Å². The number of ketones is 4. The fourth-order valence-corrected chi connectivity index (χ4v) is 15.0. The van der Waals surface area contributed by atoms with Crippen molar-refractivity contribution < 1.29 is 112 Å². The van der Waals surface area contributed by atoms with Crippen LogP contribution in [0.5, 0.6) is 0 Å². The van der Waals surface area contributed by atoms with Crippen LogP contribution in [0.1, 0.15) is 143 Å². The van der Waals surface area contributed by atoms with Crippen molar-refractivity contribution >= 4 is 145 Å². The third kappa shape index (κ3) is 35.3. The smallest absolute Gasteiger partial charge is 0.305 e. The molecule has 0 aliphatic carbocycles. The van der Waals surface area contributed by atoms with E-state index in [1.54, 1.807) is 30.3 Å². The molecule has 0 spiro atoms. The number of nitrogens with one attached hydrogen (secondary N) is 11. The highest BCUT2D eigenvalue weighted by molar-refractivity contribution is 8.76. The number of amides is 9. The lowest BCUT2D eigenvalue weighted by molar-refractivity contribution is -0.145. The summed E-state index contributed by atoms with van der Waals surface area (Å²) in [5.74, 6) is -26.3. The van der Waals surface area contributed by atoms with Crippen molar-refractivity contribution in [2.75, 3.05) is 31.1 Å². The maximum Gasteiger partial charge on any atom is 0.305 e. The number of hydrogen-bond donors (Lipinski definition) is 17. The van der Waals surface area contributed by atoms with E-state index in [1.165, 1.54) is 21.6 Å². The quantitative estimate of drug-likeness (QED) is 0.00872. The third-order valence-electron chi connectivity index (χ3n) is 19.0. The van der Waals surface area contributed by atoms with Gasteiger partial charge in [-0.25, -0.2) is 0 Å². The van der Waals surface area contributed by atoms with Gasteiger partial charge in [0.05, 0.1) is 68.5 Å². The number of guanidine groups is 1. The molecule has 0 aromatic heterocycles. The van der Waals surface area contributed by atoms with Crippen molar-refractivity contribution in [3.63, 3.8) is 0 Å². The van der Waals surface area contributed by atoms with E-state index in [1.807, 2.05) is 84.2 Å². The molecule has 5 aromatic rings. The van der Waals surface area contributed by atoms with Gasteiger partial charge in [-0.2, -0.15) is 0 Å². The molecule has 0 bridgehead atoms. The average Bonchev–Trinajstić information content (AvgIpc) is 0.813. The highest BCUT2D eigenvalue weighted by Crippen LogP contribution is 2.37. The summed E-state index contributed by atoms with van der Waals surface area (Å²) in [6, 6.07) is 36.4. The monoisotopic (exact) mass is 1710 g/mol. The maximum atomic E-state index is 14.3. The van der Waals surface area contributed by atoms with Crippen LogP contribution in [0.15, 0.2) is 146 Å². The SMILES string of the molecule is CC(=O)C[C@@H]1NC(=O)CNC(=O)C(CCCNC(=N)N)NC(=O)C(CCCCNC(=O)[C@H](CC(=O)O)CC(=O)[C@H](CC(=O)O)NC(=O)[C@H](CC(=O)O)CC(=O)[C@H](CC(=O)O)NC(=O)[C@H](CC(=O)O)CC(=O)CCSSCCC(=O)NCc2ccc(C(=C(c3ccccc3)c3ccccc3)c3ccccc3)cc2)NC(=O)[C@@H](Cc2ccccc2)NC1=O. The van der Waals surface area contributed by atoms with Gasteiger partial charge in [-0.3, -0.25) is 91.7 Å². The lowest BCUT2D eigenvalue weighted by atomic mass is 9.85. The summed E-state index contributed by atoms with van der Waals surface area (Å²) in [5, 5.41) is 81.3. The molecule has 1 heterocycles. The summed E-state index contributed by atoms with van der Waals surface area (Å²) >= 11 is 0. The fraction of sp³-hybridized carbons (Fsp3) is 0.393. The van der Waals surface area contributed by atoms with Crippen LogP contribution >= 0.6 is 21.6 Å². The second kappa shape index (κ2) is 50.7. The summed E-state index contributed by atoms with van der Waals surface area (Å²) in [7, 11) is 2.51. The minimum absolute atomic E-state index is 0.0481.